The van der Waals surface area contributed by atoms with Crippen LogP contribution in [0.1, 0.15) is 11.1 Å². The minimum Gasteiger partial charge on any atom is -0.326 e. The monoisotopic (exact) mass is 326 g/mol. The van der Waals surface area contributed by atoms with E-state index in [4.69, 9.17) is 5.73 Å². The highest BCUT2D eigenvalue weighted by Gasteiger charge is 2.06. The summed E-state index contributed by atoms with van der Waals surface area (Å²) in [7, 11) is -2.39. The van der Waals surface area contributed by atoms with Crippen LogP contribution in [0.5, 0.6) is 0 Å². The number of hydrogen-bond donors (Lipinski definition) is 2. The zero-order valence-corrected chi connectivity index (χ0v) is 13.4. The van der Waals surface area contributed by atoms with Gasteiger partial charge in [-0.15, -0.1) is 0 Å². The summed E-state index contributed by atoms with van der Waals surface area (Å²) < 4.78 is 23.7. The molecule has 2 aromatic carbocycles. The fourth-order valence-electron chi connectivity index (χ4n) is 2.56. The van der Waals surface area contributed by atoms with E-state index in [1.165, 1.54) is 0 Å². The van der Waals surface area contributed by atoms with Crippen molar-refractivity contribution in [2.45, 2.75) is 12.3 Å². The first-order valence-electron chi connectivity index (χ1n) is 7.35. The van der Waals surface area contributed by atoms with Crippen LogP contribution >= 0.6 is 0 Å². The number of rotatable bonds is 5. The van der Waals surface area contributed by atoms with E-state index < -0.39 is 10.7 Å². The third-order valence-electron chi connectivity index (χ3n) is 3.76. The van der Waals surface area contributed by atoms with Crippen LogP contribution in [-0.2, 0) is 23.0 Å². The third kappa shape index (κ3) is 3.52. The highest BCUT2D eigenvalue weighted by Crippen LogP contribution is 2.24. The van der Waals surface area contributed by atoms with Crippen molar-refractivity contribution in [3.8, 4) is 16.9 Å². The molecule has 0 radical (unpaired) electrons. The molecule has 1 heterocycles. The standard InChI is InChI=1S/C18H18N2O2S/c19-12-14-5-9-17(10-6-14)20-11-1-2-18(20)16-7-3-15(4-8-16)13-23(21)22/h1-11,23H,12-13,19H2. The fraction of sp³-hybridized carbons (Fsp3) is 0.111. The van der Waals surface area contributed by atoms with Gasteiger partial charge in [0, 0.05) is 18.4 Å². The highest BCUT2D eigenvalue weighted by molar-refractivity contribution is 7.71. The van der Waals surface area contributed by atoms with Crippen molar-refractivity contribution in [1.82, 2.24) is 4.57 Å². The zero-order chi connectivity index (χ0) is 16.2. The molecule has 3 rings (SSSR count). The lowest BCUT2D eigenvalue weighted by Gasteiger charge is -2.10. The first-order valence-corrected chi connectivity index (χ1v) is 8.71. The Morgan fingerprint density at radius 3 is 2.13 bits per heavy atom. The first-order chi connectivity index (χ1) is 11.2. The van der Waals surface area contributed by atoms with Crippen LogP contribution in [0.2, 0.25) is 0 Å². The molecule has 0 bridgehead atoms. The smallest absolute Gasteiger partial charge is 0.144 e. The van der Waals surface area contributed by atoms with E-state index in [0.29, 0.717) is 6.54 Å². The summed E-state index contributed by atoms with van der Waals surface area (Å²) in [5, 5.41) is 0. The van der Waals surface area contributed by atoms with Gasteiger partial charge < -0.3 is 10.3 Å². The molecule has 1 aromatic heterocycles. The Kier molecular flexibility index (Phi) is 4.60. The summed E-state index contributed by atoms with van der Waals surface area (Å²) in [4.78, 5) is 0. The third-order valence-corrected chi connectivity index (χ3v) is 4.38. The molecule has 0 atom stereocenters. The van der Waals surface area contributed by atoms with Crippen LogP contribution in [-0.4, -0.2) is 13.0 Å². The average Bonchev–Trinajstić information content (AvgIpc) is 3.05. The summed E-state index contributed by atoms with van der Waals surface area (Å²) in [5.41, 5.74) is 10.7. The Hall–Kier alpha value is -2.37. The minimum absolute atomic E-state index is 0.0805. The van der Waals surface area contributed by atoms with Crippen LogP contribution in [0.25, 0.3) is 16.9 Å². The molecule has 23 heavy (non-hydrogen) atoms. The van der Waals surface area contributed by atoms with Crippen molar-refractivity contribution in [2.24, 2.45) is 5.73 Å². The molecule has 0 aliphatic carbocycles. The quantitative estimate of drug-likeness (QED) is 0.709. The predicted molar refractivity (Wildman–Crippen MR) is 93.1 cm³/mol. The Balaban J connectivity index is 1.93. The lowest BCUT2D eigenvalue weighted by Crippen LogP contribution is -1.98. The Morgan fingerprint density at radius 1 is 0.870 bits per heavy atom. The molecule has 2 N–H and O–H groups in total. The van der Waals surface area contributed by atoms with Crippen molar-refractivity contribution in [1.29, 1.82) is 0 Å². The molecule has 0 saturated heterocycles. The number of aromatic nitrogens is 1. The maximum Gasteiger partial charge on any atom is 0.144 e. The van der Waals surface area contributed by atoms with Gasteiger partial charge in [-0.1, -0.05) is 36.4 Å². The van der Waals surface area contributed by atoms with E-state index in [9.17, 15) is 8.42 Å². The number of hydrogen-bond acceptors (Lipinski definition) is 3. The molecule has 0 aliphatic rings. The second kappa shape index (κ2) is 6.81. The van der Waals surface area contributed by atoms with Gasteiger partial charge in [-0.05, 0) is 41.0 Å². The largest absolute Gasteiger partial charge is 0.326 e. The summed E-state index contributed by atoms with van der Waals surface area (Å²) in [6.45, 7) is 0.530. The van der Waals surface area contributed by atoms with Crippen LogP contribution in [0.3, 0.4) is 0 Å². The van der Waals surface area contributed by atoms with Crippen molar-refractivity contribution < 1.29 is 8.42 Å². The molecule has 0 unspecified atom stereocenters. The maximum absolute atomic E-state index is 10.8. The predicted octanol–water partition coefficient (Wildman–Crippen LogP) is 2.71. The summed E-state index contributed by atoms with van der Waals surface area (Å²) >= 11 is 0. The van der Waals surface area contributed by atoms with Crippen LogP contribution in [0.15, 0.2) is 66.9 Å². The van der Waals surface area contributed by atoms with Crippen LogP contribution < -0.4 is 5.73 Å². The normalized spacial score (nSPS) is 11.0. The molecule has 3 aromatic rings. The summed E-state index contributed by atoms with van der Waals surface area (Å²) in [6, 6.07) is 19.8. The van der Waals surface area contributed by atoms with Gasteiger partial charge in [-0.2, -0.15) is 0 Å². The number of thiol groups is 1. The zero-order valence-electron chi connectivity index (χ0n) is 12.6. The van der Waals surface area contributed by atoms with Gasteiger partial charge in [0.15, 0.2) is 0 Å². The van der Waals surface area contributed by atoms with Crippen molar-refractivity contribution in [3.63, 3.8) is 0 Å². The molecule has 0 fully saturated rings. The maximum atomic E-state index is 10.8. The average molecular weight is 326 g/mol. The first kappa shape index (κ1) is 15.5. The molecule has 0 saturated carbocycles. The molecule has 118 valence electrons. The van der Waals surface area contributed by atoms with Gasteiger partial charge >= 0.3 is 0 Å². The Bertz CT molecular complexity index is 855. The minimum atomic E-state index is -2.39. The lowest BCUT2D eigenvalue weighted by molar-refractivity contribution is 0.614. The van der Waals surface area contributed by atoms with E-state index >= 15 is 0 Å². The lowest BCUT2D eigenvalue weighted by atomic mass is 10.1. The molecule has 0 spiro atoms. The second-order valence-electron chi connectivity index (χ2n) is 5.32. The van der Waals surface area contributed by atoms with E-state index in [1.807, 2.05) is 66.9 Å². The van der Waals surface area contributed by atoms with Crippen LogP contribution in [0.4, 0.5) is 0 Å². The van der Waals surface area contributed by atoms with Gasteiger partial charge in [0.2, 0.25) is 0 Å². The number of nitrogens with zero attached hydrogens (tertiary/aromatic N) is 1. The van der Waals surface area contributed by atoms with Crippen LogP contribution in [0, 0.1) is 0 Å². The van der Waals surface area contributed by atoms with E-state index in [-0.39, 0.29) is 5.75 Å². The van der Waals surface area contributed by atoms with Crippen molar-refractivity contribution >= 4 is 10.7 Å². The Labute approximate surface area is 137 Å². The number of benzene rings is 2. The van der Waals surface area contributed by atoms with Gasteiger partial charge in [-0.3, -0.25) is 0 Å². The molecular formula is C18H18N2O2S. The molecule has 0 aliphatic heterocycles. The molecular weight excluding hydrogens is 308 g/mol. The van der Waals surface area contributed by atoms with Crippen molar-refractivity contribution in [3.05, 3.63) is 78.0 Å². The van der Waals surface area contributed by atoms with Gasteiger partial charge in [0.1, 0.15) is 10.7 Å². The SMILES string of the molecule is NCc1ccc(-n2cccc2-c2ccc(C[SH](=O)=O)cc2)cc1. The van der Waals surface area contributed by atoms with E-state index in [0.717, 1.165) is 28.1 Å². The van der Waals surface area contributed by atoms with Gasteiger partial charge in [0.25, 0.3) is 0 Å². The highest BCUT2D eigenvalue weighted by atomic mass is 32.2. The molecule has 0 amide bonds. The molecule has 4 nitrogen and oxygen atoms in total. The second-order valence-corrected chi connectivity index (χ2v) is 6.30. The van der Waals surface area contributed by atoms with E-state index in [2.05, 4.69) is 4.57 Å². The van der Waals surface area contributed by atoms with Gasteiger partial charge in [0.05, 0.1) is 11.4 Å². The topological polar surface area (TPSA) is 65.1 Å². The Morgan fingerprint density at radius 2 is 1.52 bits per heavy atom. The van der Waals surface area contributed by atoms with Crippen molar-refractivity contribution in [2.75, 3.05) is 0 Å². The number of nitrogens with two attached hydrogens (primary N) is 1. The van der Waals surface area contributed by atoms with E-state index in [1.54, 1.807) is 0 Å². The summed E-state index contributed by atoms with van der Waals surface area (Å²) in [5.74, 6) is 0.0805. The molecule has 5 heteroatoms. The van der Waals surface area contributed by atoms with Gasteiger partial charge in [-0.25, -0.2) is 8.42 Å². The fourth-order valence-corrected chi connectivity index (χ4v) is 3.07. The summed E-state index contributed by atoms with van der Waals surface area (Å²) in [6.07, 6.45) is 2.01.